The molecule has 0 amide bonds. The van der Waals surface area contributed by atoms with Crippen LogP contribution in [0.15, 0.2) is 62.7 Å². The van der Waals surface area contributed by atoms with E-state index >= 15 is 0 Å². The monoisotopic (exact) mass is 355 g/mol. The summed E-state index contributed by atoms with van der Waals surface area (Å²) < 4.78 is 19.3. The van der Waals surface area contributed by atoms with Crippen LogP contribution in [0.5, 0.6) is 0 Å². The molecule has 2 heterocycles. The molecule has 4 rings (SSSR count). The van der Waals surface area contributed by atoms with Gasteiger partial charge in [-0.25, -0.2) is 4.39 Å². The van der Waals surface area contributed by atoms with Crippen LogP contribution in [0.4, 0.5) is 4.39 Å². The Morgan fingerprint density at radius 1 is 1.16 bits per heavy atom. The van der Waals surface area contributed by atoms with Crippen LogP contribution in [0.1, 0.15) is 25.5 Å². The molecule has 0 N–H and O–H groups in total. The smallest absolute Gasteiger partial charge is 0.134 e. The maximum absolute atomic E-state index is 13.3. The molecule has 1 aromatic heterocycles. The Morgan fingerprint density at radius 3 is 2.84 bits per heavy atom. The van der Waals surface area contributed by atoms with Crippen molar-refractivity contribution in [3.63, 3.8) is 0 Å². The normalized spacial score (nSPS) is 18.2. The number of benzene rings is 2. The maximum Gasteiger partial charge on any atom is 0.134 e. The SMILES string of the molecule is C[C@@H]1CCCN1CCc1cc2cc(Sc3cccc(F)c3)ccc2o1. The quantitative estimate of drug-likeness (QED) is 0.580. The van der Waals surface area contributed by atoms with Gasteiger partial charge in [0, 0.05) is 34.2 Å². The fourth-order valence-corrected chi connectivity index (χ4v) is 4.42. The second-order valence-electron chi connectivity index (χ2n) is 6.75. The Kier molecular flexibility index (Phi) is 4.82. The average molecular weight is 355 g/mol. The van der Waals surface area contributed by atoms with Crippen LogP contribution in [-0.2, 0) is 6.42 Å². The number of fused-ring (bicyclic) bond motifs is 1. The zero-order chi connectivity index (χ0) is 17.2. The first-order chi connectivity index (χ1) is 12.2. The van der Waals surface area contributed by atoms with Gasteiger partial charge in [0.1, 0.15) is 17.2 Å². The number of furan rings is 1. The molecule has 2 nitrogen and oxygen atoms in total. The fourth-order valence-electron chi connectivity index (χ4n) is 3.51. The van der Waals surface area contributed by atoms with E-state index in [1.165, 1.54) is 25.5 Å². The zero-order valence-electron chi connectivity index (χ0n) is 14.4. The molecule has 1 saturated heterocycles. The third-order valence-corrected chi connectivity index (χ3v) is 5.89. The summed E-state index contributed by atoms with van der Waals surface area (Å²) in [6.45, 7) is 4.57. The lowest BCUT2D eigenvalue weighted by atomic mass is 10.2. The minimum atomic E-state index is -0.201. The van der Waals surface area contributed by atoms with Crippen molar-refractivity contribution in [2.75, 3.05) is 13.1 Å². The molecule has 1 aliphatic heterocycles. The predicted octanol–water partition coefficient (Wildman–Crippen LogP) is 5.75. The highest BCUT2D eigenvalue weighted by Crippen LogP contribution is 2.31. The summed E-state index contributed by atoms with van der Waals surface area (Å²) >= 11 is 1.57. The van der Waals surface area contributed by atoms with Gasteiger partial charge in [-0.3, -0.25) is 0 Å². The number of rotatable bonds is 5. The van der Waals surface area contributed by atoms with Crippen molar-refractivity contribution >= 4 is 22.7 Å². The molecule has 3 aromatic rings. The summed E-state index contributed by atoms with van der Waals surface area (Å²) in [5.74, 6) is 0.842. The highest BCUT2D eigenvalue weighted by molar-refractivity contribution is 7.99. The zero-order valence-corrected chi connectivity index (χ0v) is 15.2. The molecule has 0 radical (unpaired) electrons. The van der Waals surface area contributed by atoms with Crippen molar-refractivity contribution < 1.29 is 8.81 Å². The molecule has 0 spiro atoms. The molecule has 1 aliphatic rings. The van der Waals surface area contributed by atoms with Crippen molar-refractivity contribution in [2.24, 2.45) is 0 Å². The first-order valence-electron chi connectivity index (χ1n) is 8.87. The van der Waals surface area contributed by atoms with Crippen LogP contribution in [-0.4, -0.2) is 24.0 Å². The molecule has 25 heavy (non-hydrogen) atoms. The van der Waals surface area contributed by atoms with Crippen LogP contribution in [0.2, 0.25) is 0 Å². The summed E-state index contributed by atoms with van der Waals surface area (Å²) in [5.41, 5.74) is 0.924. The van der Waals surface area contributed by atoms with Gasteiger partial charge in [0.25, 0.3) is 0 Å². The molecular formula is C21H22FNOS. The predicted molar refractivity (Wildman–Crippen MR) is 101 cm³/mol. The van der Waals surface area contributed by atoms with Gasteiger partial charge in [-0.2, -0.15) is 0 Å². The Balaban J connectivity index is 1.47. The van der Waals surface area contributed by atoms with Gasteiger partial charge in [0.2, 0.25) is 0 Å². The highest BCUT2D eigenvalue weighted by atomic mass is 32.2. The lowest BCUT2D eigenvalue weighted by Gasteiger charge is -2.19. The van der Waals surface area contributed by atoms with Crippen molar-refractivity contribution in [2.45, 2.75) is 42.0 Å². The second kappa shape index (κ2) is 7.22. The van der Waals surface area contributed by atoms with E-state index in [1.54, 1.807) is 23.9 Å². The topological polar surface area (TPSA) is 16.4 Å². The summed E-state index contributed by atoms with van der Waals surface area (Å²) in [5, 5.41) is 1.12. The van der Waals surface area contributed by atoms with E-state index in [4.69, 9.17) is 4.42 Å². The molecule has 4 heteroatoms. The van der Waals surface area contributed by atoms with Crippen molar-refractivity contribution in [3.8, 4) is 0 Å². The van der Waals surface area contributed by atoms with E-state index in [2.05, 4.69) is 24.0 Å². The standard InChI is InChI=1S/C21H22FNOS/c1-15-4-3-10-23(15)11-9-18-12-16-13-20(7-8-21(16)24-18)25-19-6-2-5-17(22)14-19/h2,5-8,12-15H,3-4,9-11H2,1H3/t15-/m1/s1. The fraction of sp³-hybridized carbons (Fsp3) is 0.333. The minimum Gasteiger partial charge on any atom is -0.461 e. The van der Waals surface area contributed by atoms with Crippen molar-refractivity contribution in [3.05, 3.63) is 60.1 Å². The number of likely N-dealkylation sites (tertiary alicyclic amines) is 1. The van der Waals surface area contributed by atoms with Gasteiger partial charge in [-0.05, 0) is 68.8 Å². The van der Waals surface area contributed by atoms with E-state index in [0.29, 0.717) is 6.04 Å². The molecular weight excluding hydrogens is 333 g/mol. The van der Waals surface area contributed by atoms with E-state index in [1.807, 2.05) is 18.2 Å². The summed E-state index contributed by atoms with van der Waals surface area (Å²) in [7, 11) is 0. The molecule has 0 saturated carbocycles. The van der Waals surface area contributed by atoms with Gasteiger partial charge in [0.05, 0.1) is 0 Å². The summed E-state index contributed by atoms with van der Waals surface area (Å²) in [6.07, 6.45) is 3.56. The lowest BCUT2D eigenvalue weighted by Crippen LogP contribution is -2.28. The van der Waals surface area contributed by atoms with Crippen LogP contribution in [0.25, 0.3) is 11.0 Å². The van der Waals surface area contributed by atoms with Crippen LogP contribution in [0, 0.1) is 5.82 Å². The number of hydrogen-bond acceptors (Lipinski definition) is 3. The lowest BCUT2D eigenvalue weighted by molar-refractivity contribution is 0.266. The van der Waals surface area contributed by atoms with Crippen LogP contribution in [0.3, 0.4) is 0 Å². The average Bonchev–Trinajstić information content (AvgIpc) is 3.18. The van der Waals surface area contributed by atoms with Crippen LogP contribution < -0.4 is 0 Å². The van der Waals surface area contributed by atoms with Gasteiger partial charge >= 0.3 is 0 Å². The first kappa shape index (κ1) is 16.7. The van der Waals surface area contributed by atoms with Gasteiger partial charge < -0.3 is 9.32 Å². The molecule has 1 fully saturated rings. The molecule has 0 bridgehead atoms. The minimum absolute atomic E-state index is 0.201. The Bertz CT molecular complexity index is 875. The number of nitrogens with zero attached hydrogens (tertiary/aromatic N) is 1. The highest BCUT2D eigenvalue weighted by Gasteiger charge is 2.20. The van der Waals surface area contributed by atoms with Gasteiger partial charge in [-0.15, -0.1) is 0 Å². The van der Waals surface area contributed by atoms with E-state index in [-0.39, 0.29) is 5.82 Å². The van der Waals surface area contributed by atoms with Crippen molar-refractivity contribution in [1.82, 2.24) is 4.90 Å². The Labute approximate surface area is 152 Å². The van der Waals surface area contributed by atoms with Crippen LogP contribution >= 0.6 is 11.8 Å². The first-order valence-corrected chi connectivity index (χ1v) is 9.69. The molecule has 0 unspecified atom stereocenters. The largest absolute Gasteiger partial charge is 0.461 e. The summed E-state index contributed by atoms with van der Waals surface area (Å²) in [4.78, 5) is 4.54. The van der Waals surface area contributed by atoms with E-state index in [0.717, 1.165) is 39.5 Å². The van der Waals surface area contributed by atoms with Gasteiger partial charge in [0.15, 0.2) is 0 Å². The Morgan fingerprint density at radius 2 is 2.04 bits per heavy atom. The Hall–Kier alpha value is -1.78. The molecule has 2 aromatic carbocycles. The van der Waals surface area contributed by atoms with E-state index < -0.39 is 0 Å². The summed E-state index contributed by atoms with van der Waals surface area (Å²) in [6, 6.07) is 15.7. The van der Waals surface area contributed by atoms with E-state index in [9.17, 15) is 4.39 Å². The number of hydrogen-bond donors (Lipinski definition) is 0. The third-order valence-electron chi connectivity index (χ3n) is 4.91. The van der Waals surface area contributed by atoms with Gasteiger partial charge in [-0.1, -0.05) is 17.8 Å². The molecule has 0 aliphatic carbocycles. The second-order valence-corrected chi connectivity index (χ2v) is 7.90. The maximum atomic E-state index is 13.3. The third kappa shape index (κ3) is 3.91. The molecule has 1 atom stereocenters. The van der Waals surface area contributed by atoms with Crippen molar-refractivity contribution in [1.29, 1.82) is 0 Å². The molecule has 130 valence electrons. The number of halogens is 1.